The first-order chi connectivity index (χ1) is 13.9. The fourth-order valence-corrected chi connectivity index (χ4v) is 5.38. The highest BCUT2D eigenvalue weighted by molar-refractivity contribution is 8.00. The van der Waals surface area contributed by atoms with Crippen LogP contribution in [-0.4, -0.2) is 10.9 Å². The fourth-order valence-electron chi connectivity index (χ4n) is 3.51. The molecule has 0 aliphatic carbocycles. The second-order valence-corrected chi connectivity index (χ2v) is 9.26. The van der Waals surface area contributed by atoms with Crippen molar-refractivity contribution in [2.45, 2.75) is 37.8 Å². The molecule has 0 bridgehead atoms. The van der Waals surface area contributed by atoms with Crippen LogP contribution in [0.5, 0.6) is 0 Å². The zero-order valence-corrected chi connectivity index (χ0v) is 18.5. The molecule has 1 N–H and O–H groups in total. The Labute approximate surface area is 178 Å². The van der Waals surface area contributed by atoms with Gasteiger partial charge in [0.25, 0.3) is 5.91 Å². The lowest BCUT2D eigenvalue weighted by atomic mass is 10.0. The number of thioether (sulfide) groups is 1. The van der Waals surface area contributed by atoms with Crippen LogP contribution in [0.4, 0.5) is 5.69 Å². The van der Waals surface area contributed by atoms with Gasteiger partial charge < -0.3 is 9.73 Å². The largest absolute Gasteiger partial charge is 0.451 e. The van der Waals surface area contributed by atoms with Crippen molar-refractivity contribution in [1.82, 2.24) is 4.98 Å². The molecule has 29 heavy (non-hydrogen) atoms. The molecule has 0 aliphatic rings. The van der Waals surface area contributed by atoms with Crippen LogP contribution in [0, 0.1) is 27.7 Å². The smallest absolute Gasteiger partial charge is 0.291 e. The van der Waals surface area contributed by atoms with E-state index < -0.39 is 0 Å². The summed E-state index contributed by atoms with van der Waals surface area (Å²) in [6, 6.07) is 11.9. The summed E-state index contributed by atoms with van der Waals surface area (Å²) in [5.41, 5.74) is 6.74. The van der Waals surface area contributed by atoms with Crippen LogP contribution in [0.15, 0.2) is 50.5 Å². The van der Waals surface area contributed by atoms with E-state index >= 15 is 0 Å². The van der Waals surface area contributed by atoms with E-state index in [0.717, 1.165) is 43.4 Å². The summed E-state index contributed by atoms with van der Waals surface area (Å²) >= 11 is 3.25. The first-order valence-corrected chi connectivity index (χ1v) is 11.2. The molecule has 2 aromatic heterocycles. The molecule has 0 fully saturated rings. The third-order valence-corrected chi connectivity index (χ3v) is 6.92. The number of hydrogen-bond donors (Lipinski definition) is 1. The van der Waals surface area contributed by atoms with Crippen molar-refractivity contribution in [2.24, 2.45) is 0 Å². The molecule has 6 heteroatoms. The van der Waals surface area contributed by atoms with Gasteiger partial charge in [-0.25, -0.2) is 4.98 Å². The molecule has 0 spiro atoms. The number of benzene rings is 2. The summed E-state index contributed by atoms with van der Waals surface area (Å²) in [5, 5.41) is 6.07. The zero-order chi connectivity index (χ0) is 20.5. The number of aromatic nitrogens is 1. The van der Waals surface area contributed by atoms with E-state index in [1.165, 1.54) is 5.56 Å². The number of rotatable bonds is 5. The Morgan fingerprint density at radius 3 is 2.55 bits per heavy atom. The molecule has 0 atom stereocenters. The average Bonchev–Trinajstić information content (AvgIpc) is 3.26. The second-order valence-electron chi connectivity index (χ2n) is 7.18. The molecular weight excluding hydrogens is 400 g/mol. The number of aryl methyl sites for hydroxylation is 4. The number of furan rings is 1. The molecule has 148 valence electrons. The van der Waals surface area contributed by atoms with E-state index in [1.54, 1.807) is 23.1 Å². The minimum Gasteiger partial charge on any atom is -0.451 e. The summed E-state index contributed by atoms with van der Waals surface area (Å²) in [6.45, 7) is 8.06. The lowest BCUT2D eigenvalue weighted by molar-refractivity contribution is 0.0997. The SMILES string of the molecule is Cc1cc(C)c(NC(=O)c2oc3ccccc3c2CSc2nc(C)cs2)c(C)c1. The molecule has 0 saturated heterocycles. The normalized spacial score (nSPS) is 11.2. The number of para-hydroxylation sites is 1. The predicted octanol–water partition coefficient (Wildman–Crippen LogP) is 6.67. The van der Waals surface area contributed by atoms with Crippen LogP contribution < -0.4 is 5.32 Å². The molecule has 4 aromatic rings. The number of amides is 1. The van der Waals surface area contributed by atoms with Crippen molar-refractivity contribution in [2.75, 3.05) is 5.32 Å². The van der Waals surface area contributed by atoms with Crippen molar-refractivity contribution in [1.29, 1.82) is 0 Å². The van der Waals surface area contributed by atoms with E-state index in [0.29, 0.717) is 11.5 Å². The van der Waals surface area contributed by atoms with Gasteiger partial charge in [-0.05, 0) is 44.9 Å². The maximum Gasteiger partial charge on any atom is 0.291 e. The van der Waals surface area contributed by atoms with Gasteiger partial charge in [0.15, 0.2) is 5.76 Å². The quantitative estimate of drug-likeness (QED) is 0.365. The summed E-state index contributed by atoms with van der Waals surface area (Å²) in [4.78, 5) is 17.7. The van der Waals surface area contributed by atoms with Crippen molar-refractivity contribution < 1.29 is 9.21 Å². The number of carbonyl (C=O) groups is 1. The van der Waals surface area contributed by atoms with Crippen molar-refractivity contribution in [3.8, 4) is 0 Å². The highest BCUT2D eigenvalue weighted by Crippen LogP contribution is 2.34. The highest BCUT2D eigenvalue weighted by atomic mass is 32.2. The van der Waals surface area contributed by atoms with Gasteiger partial charge in [-0.1, -0.05) is 47.7 Å². The molecule has 0 saturated carbocycles. The van der Waals surface area contributed by atoms with Crippen LogP contribution in [0.2, 0.25) is 0 Å². The van der Waals surface area contributed by atoms with Crippen molar-refractivity contribution >= 4 is 45.7 Å². The first-order valence-electron chi connectivity index (χ1n) is 9.37. The van der Waals surface area contributed by atoms with Gasteiger partial charge in [-0.3, -0.25) is 4.79 Å². The van der Waals surface area contributed by atoms with E-state index in [1.807, 2.05) is 50.4 Å². The van der Waals surface area contributed by atoms with E-state index in [4.69, 9.17) is 4.42 Å². The summed E-state index contributed by atoms with van der Waals surface area (Å²) in [7, 11) is 0. The number of anilines is 1. The molecule has 0 aliphatic heterocycles. The molecule has 2 heterocycles. The van der Waals surface area contributed by atoms with Crippen LogP contribution >= 0.6 is 23.1 Å². The van der Waals surface area contributed by atoms with Crippen LogP contribution in [0.25, 0.3) is 11.0 Å². The number of thiazole rings is 1. The average molecular weight is 423 g/mol. The number of fused-ring (bicyclic) bond motifs is 1. The van der Waals surface area contributed by atoms with Gasteiger partial charge in [0.05, 0.1) is 0 Å². The van der Waals surface area contributed by atoms with E-state index in [-0.39, 0.29) is 5.91 Å². The van der Waals surface area contributed by atoms with E-state index in [9.17, 15) is 4.79 Å². The minimum absolute atomic E-state index is 0.220. The third-order valence-electron chi connectivity index (χ3n) is 4.76. The Hall–Kier alpha value is -2.57. The molecule has 0 radical (unpaired) electrons. The summed E-state index contributed by atoms with van der Waals surface area (Å²) in [6.07, 6.45) is 0. The Balaban J connectivity index is 1.68. The lowest BCUT2D eigenvalue weighted by Crippen LogP contribution is -2.14. The van der Waals surface area contributed by atoms with Gasteiger partial charge in [-0.2, -0.15) is 0 Å². The van der Waals surface area contributed by atoms with Crippen LogP contribution in [-0.2, 0) is 5.75 Å². The summed E-state index contributed by atoms with van der Waals surface area (Å²) in [5.74, 6) is 0.770. The third kappa shape index (κ3) is 4.09. The Morgan fingerprint density at radius 2 is 1.86 bits per heavy atom. The van der Waals surface area contributed by atoms with Crippen LogP contribution in [0.3, 0.4) is 0 Å². The second kappa shape index (κ2) is 8.05. The number of nitrogens with one attached hydrogen (secondary N) is 1. The fraction of sp³-hybridized carbons (Fsp3) is 0.217. The molecule has 1 amide bonds. The van der Waals surface area contributed by atoms with Crippen molar-refractivity contribution in [3.63, 3.8) is 0 Å². The predicted molar refractivity (Wildman–Crippen MR) is 121 cm³/mol. The number of nitrogens with zero attached hydrogens (tertiary/aromatic N) is 1. The minimum atomic E-state index is -0.220. The highest BCUT2D eigenvalue weighted by Gasteiger charge is 2.22. The topological polar surface area (TPSA) is 55.1 Å². The molecule has 4 nitrogen and oxygen atoms in total. The Bertz CT molecular complexity index is 1180. The molecular formula is C23H22N2O2S2. The zero-order valence-electron chi connectivity index (χ0n) is 16.8. The van der Waals surface area contributed by atoms with Gasteiger partial charge in [0.2, 0.25) is 0 Å². The van der Waals surface area contributed by atoms with Crippen molar-refractivity contribution in [3.05, 3.63) is 75.5 Å². The Morgan fingerprint density at radius 1 is 1.14 bits per heavy atom. The monoisotopic (exact) mass is 422 g/mol. The van der Waals surface area contributed by atoms with E-state index in [2.05, 4.69) is 29.4 Å². The maximum atomic E-state index is 13.2. The lowest BCUT2D eigenvalue weighted by Gasteiger charge is -2.12. The Kier molecular flexibility index (Phi) is 5.48. The summed E-state index contributed by atoms with van der Waals surface area (Å²) < 4.78 is 6.98. The maximum absolute atomic E-state index is 13.2. The van der Waals surface area contributed by atoms with Gasteiger partial charge >= 0.3 is 0 Å². The molecule has 0 unspecified atom stereocenters. The van der Waals surface area contributed by atoms with Gasteiger partial charge in [-0.15, -0.1) is 11.3 Å². The van der Waals surface area contributed by atoms with Gasteiger partial charge in [0, 0.05) is 33.5 Å². The standard InChI is InChI=1S/C23H22N2O2S2/c1-13-9-14(2)20(15(3)10-13)25-22(26)21-18(12-29-23-24-16(4)11-28-23)17-7-5-6-8-19(17)27-21/h5-11H,12H2,1-4H3,(H,25,26). The molecule has 4 rings (SSSR count). The van der Waals surface area contributed by atoms with Crippen LogP contribution in [0.1, 0.15) is 38.5 Å². The number of hydrogen-bond acceptors (Lipinski definition) is 5. The number of carbonyl (C=O) groups excluding carboxylic acids is 1. The van der Waals surface area contributed by atoms with Gasteiger partial charge in [0.1, 0.15) is 9.92 Å². The molecule has 2 aromatic carbocycles. The first kappa shape index (κ1) is 19.7.